The number of aromatic nitrogens is 1. The minimum absolute atomic E-state index is 0. The molecule has 2 nitrogen and oxygen atoms in total. The van der Waals surface area contributed by atoms with Gasteiger partial charge in [0.05, 0.1) is 5.52 Å². The maximum atomic E-state index is 9.02. The van der Waals surface area contributed by atoms with Crippen molar-refractivity contribution in [2.75, 3.05) is 0 Å². The van der Waals surface area contributed by atoms with Crippen LogP contribution in [0.4, 0.5) is 0 Å². The minimum Gasteiger partial charge on any atom is -0.493 e. The van der Waals surface area contributed by atoms with Crippen molar-refractivity contribution in [3.8, 4) is 5.88 Å². The Bertz CT molecular complexity index is 384. The predicted octanol–water partition coefficient (Wildman–Crippen LogP) is 2.58. The van der Waals surface area contributed by atoms with E-state index in [0.29, 0.717) is 0 Å². The highest BCUT2D eigenvalue weighted by Gasteiger charge is 1.92. The molecule has 1 heterocycles. The van der Waals surface area contributed by atoms with Gasteiger partial charge in [0.15, 0.2) is 0 Å². The fraction of sp³-hybridized carbons (Fsp3) is 0.100. The molecule has 0 saturated carbocycles. The average Bonchev–Trinajstić information content (AvgIpc) is 2.04. The second kappa shape index (κ2) is 3.22. The van der Waals surface area contributed by atoms with E-state index in [-0.39, 0.29) is 13.3 Å². The summed E-state index contributed by atoms with van der Waals surface area (Å²) < 4.78 is 0. The molecular formula is C10H11NO. The maximum absolute atomic E-state index is 9.02. The number of pyridine rings is 1. The first kappa shape index (κ1) is 8.53. The van der Waals surface area contributed by atoms with E-state index < -0.39 is 0 Å². The lowest BCUT2D eigenvalue weighted by Crippen LogP contribution is -1.76. The number of aromatic hydroxyl groups is 1. The molecule has 0 aliphatic rings. The molecule has 0 fully saturated rings. The van der Waals surface area contributed by atoms with E-state index in [1.807, 2.05) is 30.3 Å². The molecule has 0 spiro atoms. The van der Waals surface area contributed by atoms with Gasteiger partial charge in [-0.2, -0.15) is 0 Å². The normalized spacial score (nSPS) is 9.33. The van der Waals surface area contributed by atoms with Crippen molar-refractivity contribution >= 4 is 10.9 Å². The molecule has 2 rings (SSSR count). The van der Waals surface area contributed by atoms with Crippen LogP contribution in [0.5, 0.6) is 5.88 Å². The number of hydrogen-bond acceptors (Lipinski definition) is 2. The third-order valence-electron chi connectivity index (χ3n) is 1.58. The lowest BCUT2D eigenvalue weighted by Gasteiger charge is -1.95. The molecule has 0 saturated heterocycles. The summed E-state index contributed by atoms with van der Waals surface area (Å²) in [5.74, 6) is 0.0729. The highest BCUT2D eigenvalue weighted by Crippen LogP contribution is 2.14. The third kappa shape index (κ3) is 1.37. The van der Waals surface area contributed by atoms with Crippen LogP contribution < -0.4 is 0 Å². The monoisotopic (exact) mass is 161 g/mol. The topological polar surface area (TPSA) is 33.1 Å². The molecule has 12 heavy (non-hydrogen) atoms. The molecule has 1 aromatic heterocycles. The zero-order chi connectivity index (χ0) is 7.68. The number of benzene rings is 1. The first-order valence-electron chi connectivity index (χ1n) is 3.41. The molecule has 0 aliphatic heterocycles. The van der Waals surface area contributed by atoms with Gasteiger partial charge in [-0.25, -0.2) is 4.98 Å². The lowest BCUT2D eigenvalue weighted by atomic mass is 10.2. The van der Waals surface area contributed by atoms with Crippen LogP contribution in [0, 0.1) is 0 Å². The maximum Gasteiger partial charge on any atom is 0.211 e. The van der Waals surface area contributed by atoms with Crippen molar-refractivity contribution in [2.24, 2.45) is 0 Å². The Labute approximate surface area is 71.5 Å². The van der Waals surface area contributed by atoms with E-state index in [4.69, 9.17) is 5.11 Å². The van der Waals surface area contributed by atoms with E-state index in [9.17, 15) is 0 Å². The van der Waals surface area contributed by atoms with E-state index in [0.717, 1.165) is 10.9 Å². The molecule has 0 amide bonds. The SMILES string of the molecule is C.Oc1ccc2ccccc2n1. The van der Waals surface area contributed by atoms with E-state index in [1.54, 1.807) is 6.07 Å². The Hall–Kier alpha value is -1.57. The first-order valence-corrected chi connectivity index (χ1v) is 3.41. The summed E-state index contributed by atoms with van der Waals surface area (Å²) in [6.45, 7) is 0. The zero-order valence-corrected chi connectivity index (χ0v) is 5.86. The standard InChI is InChI=1S/C9H7NO.CH4/c11-9-6-5-7-3-1-2-4-8(7)10-9;/h1-6H,(H,10,11);1H4. The van der Waals surface area contributed by atoms with Gasteiger partial charge >= 0.3 is 0 Å². The molecular weight excluding hydrogens is 150 g/mol. The van der Waals surface area contributed by atoms with Gasteiger partial charge in [0, 0.05) is 11.5 Å². The number of hydrogen-bond donors (Lipinski definition) is 1. The fourth-order valence-corrected chi connectivity index (χ4v) is 1.06. The van der Waals surface area contributed by atoms with E-state index in [1.165, 1.54) is 0 Å². The second-order valence-electron chi connectivity index (χ2n) is 2.36. The molecule has 1 N–H and O–H groups in total. The second-order valence-corrected chi connectivity index (χ2v) is 2.36. The quantitative estimate of drug-likeness (QED) is 0.644. The molecule has 2 aromatic rings. The van der Waals surface area contributed by atoms with Gasteiger partial charge in [0.1, 0.15) is 0 Å². The highest BCUT2D eigenvalue weighted by molar-refractivity contribution is 5.78. The van der Waals surface area contributed by atoms with Crippen molar-refractivity contribution in [1.82, 2.24) is 4.98 Å². The summed E-state index contributed by atoms with van der Waals surface area (Å²) in [6, 6.07) is 11.1. The number of fused-ring (bicyclic) bond motifs is 1. The smallest absolute Gasteiger partial charge is 0.211 e. The molecule has 0 radical (unpaired) electrons. The Balaban J connectivity index is 0.000000720. The van der Waals surface area contributed by atoms with Crippen molar-refractivity contribution < 1.29 is 5.11 Å². The summed E-state index contributed by atoms with van der Waals surface area (Å²) in [5, 5.41) is 10.1. The third-order valence-corrected chi connectivity index (χ3v) is 1.58. The van der Waals surface area contributed by atoms with Gasteiger partial charge in [0.2, 0.25) is 5.88 Å². The minimum atomic E-state index is 0. The van der Waals surface area contributed by atoms with Crippen LogP contribution in [-0.2, 0) is 0 Å². The van der Waals surface area contributed by atoms with Crippen LogP contribution in [0.25, 0.3) is 10.9 Å². The van der Waals surface area contributed by atoms with Crippen LogP contribution in [0.1, 0.15) is 7.43 Å². The number of nitrogens with zero attached hydrogens (tertiary/aromatic N) is 1. The Kier molecular flexibility index (Phi) is 2.29. The molecule has 1 aromatic carbocycles. The zero-order valence-electron chi connectivity index (χ0n) is 5.86. The Morgan fingerprint density at radius 2 is 1.75 bits per heavy atom. The predicted molar refractivity (Wildman–Crippen MR) is 50.1 cm³/mol. The number of rotatable bonds is 0. The molecule has 0 aliphatic carbocycles. The van der Waals surface area contributed by atoms with Crippen molar-refractivity contribution in [3.63, 3.8) is 0 Å². The summed E-state index contributed by atoms with van der Waals surface area (Å²) in [6.07, 6.45) is 0. The van der Waals surface area contributed by atoms with Crippen molar-refractivity contribution in [1.29, 1.82) is 0 Å². The number of para-hydroxylation sites is 1. The van der Waals surface area contributed by atoms with Crippen LogP contribution in [0.3, 0.4) is 0 Å². The highest BCUT2D eigenvalue weighted by atomic mass is 16.3. The molecule has 2 heteroatoms. The Morgan fingerprint density at radius 1 is 1.00 bits per heavy atom. The van der Waals surface area contributed by atoms with Gasteiger partial charge in [-0.1, -0.05) is 25.6 Å². The summed E-state index contributed by atoms with van der Waals surface area (Å²) in [7, 11) is 0. The van der Waals surface area contributed by atoms with Gasteiger partial charge in [-0.3, -0.25) is 0 Å². The van der Waals surface area contributed by atoms with Crippen molar-refractivity contribution in [3.05, 3.63) is 36.4 Å². The van der Waals surface area contributed by atoms with Gasteiger partial charge in [-0.05, 0) is 12.1 Å². The van der Waals surface area contributed by atoms with Crippen LogP contribution >= 0.6 is 0 Å². The van der Waals surface area contributed by atoms with Gasteiger partial charge < -0.3 is 5.11 Å². The van der Waals surface area contributed by atoms with Gasteiger partial charge in [-0.15, -0.1) is 0 Å². The van der Waals surface area contributed by atoms with E-state index in [2.05, 4.69) is 4.98 Å². The largest absolute Gasteiger partial charge is 0.493 e. The summed E-state index contributed by atoms with van der Waals surface area (Å²) in [4.78, 5) is 3.93. The van der Waals surface area contributed by atoms with Crippen LogP contribution in [0.15, 0.2) is 36.4 Å². The van der Waals surface area contributed by atoms with Crippen LogP contribution in [0.2, 0.25) is 0 Å². The molecule has 0 bridgehead atoms. The lowest BCUT2D eigenvalue weighted by molar-refractivity contribution is 0.456. The van der Waals surface area contributed by atoms with Crippen molar-refractivity contribution in [2.45, 2.75) is 7.43 Å². The fourth-order valence-electron chi connectivity index (χ4n) is 1.06. The molecule has 0 atom stereocenters. The average molecular weight is 161 g/mol. The van der Waals surface area contributed by atoms with Crippen LogP contribution in [-0.4, -0.2) is 10.1 Å². The van der Waals surface area contributed by atoms with Gasteiger partial charge in [0.25, 0.3) is 0 Å². The first-order chi connectivity index (χ1) is 5.36. The molecule has 62 valence electrons. The van der Waals surface area contributed by atoms with E-state index >= 15 is 0 Å². The molecule has 0 unspecified atom stereocenters. The summed E-state index contributed by atoms with van der Waals surface area (Å²) >= 11 is 0. The Morgan fingerprint density at radius 3 is 2.58 bits per heavy atom. The summed E-state index contributed by atoms with van der Waals surface area (Å²) in [5.41, 5.74) is 0.826.